The molecule has 1 unspecified atom stereocenters. The van der Waals surface area contributed by atoms with Crippen molar-refractivity contribution in [2.45, 2.75) is 38.8 Å². The van der Waals surface area contributed by atoms with E-state index in [1.807, 2.05) is 18.5 Å². The van der Waals surface area contributed by atoms with E-state index >= 15 is 0 Å². The molecule has 2 fully saturated rings. The van der Waals surface area contributed by atoms with Gasteiger partial charge < -0.3 is 25.6 Å². The molecule has 0 aromatic carbocycles. The molecule has 2 aromatic rings. The Morgan fingerprint density at radius 3 is 2.66 bits per heavy atom. The average molecular weight is 510 g/mol. The Morgan fingerprint density at radius 1 is 1.21 bits per heavy atom. The summed E-state index contributed by atoms with van der Waals surface area (Å²) in [7, 11) is 0. The summed E-state index contributed by atoms with van der Waals surface area (Å²) < 4.78 is 0. The SMILES string of the molecule is C#C/C(C=N)=C1/NC=C(N2CCCC2)C=C1c1ccc(N(CC)CC2CCN2Cc2ccc(O)nc2)nc1. The lowest BCUT2D eigenvalue weighted by atomic mass is 9.97. The van der Waals surface area contributed by atoms with Gasteiger partial charge in [0.1, 0.15) is 5.82 Å². The fourth-order valence-electron chi connectivity index (χ4n) is 5.31. The third-order valence-corrected chi connectivity index (χ3v) is 7.62. The maximum atomic E-state index is 9.45. The number of aromatic nitrogens is 2. The van der Waals surface area contributed by atoms with Crippen molar-refractivity contribution >= 4 is 17.6 Å². The van der Waals surface area contributed by atoms with Gasteiger partial charge in [-0.15, -0.1) is 6.42 Å². The lowest BCUT2D eigenvalue weighted by molar-refractivity contribution is 0.0864. The molecule has 3 N–H and O–H groups in total. The van der Waals surface area contributed by atoms with E-state index in [2.05, 4.69) is 56.1 Å². The number of pyridine rings is 2. The van der Waals surface area contributed by atoms with Gasteiger partial charge in [0.2, 0.25) is 5.88 Å². The van der Waals surface area contributed by atoms with Crippen LogP contribution in [0.1, 0.15) is 37.3 Å². The third kappa shape index (κ3) is 5.43. The summed E-state index contributed by atoms with van der Waals surface area (Å²) >= 11 is 0. The first-order valence-electron chi connectivity index (χ1n) is 13.3. The number of terminal acetylenes is 1. The summed E-state index contributed by atoms with van der Waals surface area (Å²) in [5.41, 5.74) is 5.45. The maximum absolute atomic E-state index is 9.45. The van der Waals surface area contributed by atoms with Crippen LogP contribution in [0.25, 0.3) is 5.57 Å². The molecule has 2 saturated heterocycles. The number of allylic oxidation sites excluding steroid dienone is 3. The Labute approximate surface area is 224 Å². The van der Waals surface area contributed by atoms with E-state index in [1.165, 1.54) is 19.1 Å². The lowest BCUT2D eigenvalue weighted by Crippen LogP contribution is -2.53. The van der Waals surface area contributed by atoms with Crippen molar-refractivity contribution in [1.29, 1.82) is 5.41 Å². The van der Waals surface area contributed by atoms with Gasteiger partial charge in [-0.2, -0.15) is 0 Å². The highest BCUT2D eigenvalue weighted by molar-refractivity contribution is 5.93. The molecule has 0 amide bonds. The number of hydrogen-bond donors (Lipinski definition) is 3. The van der Waals surface area contributed by atoms with Crippen molar-refractivity contribution in [3.8, 4) is 18.2 Å². The standard InChI is InChI=1S/C30H35N7O/c1-3-23(16-31)30-27(15-26(19-34-30)36-12-5-6-13-36)24-8-9-28(32-18-24)35(4-2)21-25-11-14-37(25)20-22-7-10-29(38)33-17-22/h1,7-10,15-19,25,31,34H,4-6,11-14,20-21H2,2H3,(H,33,38)/b30-23-,31-16?. The topological polar surface area (TPSA) is 91.6 Å². The van der Waals surface area contributed by atoms with Crippen LogP contribution < -0.4 is 10.2 Å². The van der Waals surface area contributed by atoms with Crippen LogP contribution in [0.4, 0.5) is 5.82 Å². The summed E-state index contributed by atoms with van der Waals surface area (Å²) in [6.07, 6.45) is 18.3. The molecular weight excluding hydrogens is 474 g/mol. The molecule has 0 bridgehead atoms. The van der Waals surface area contributed by atoms with Crippen LogP contribution in [-0.4, -0.2) is 69.9 Å². The second-order valence-corrected chi connectivity index (χ2v) is 9.92. The van der Waals surface area contributed by atoms with Gasteiger partial charge in [0.25, 0.3) is 0 Å². The van der Waals surface area contributed by atoms with Crippen molar-refractivity contribution in [3.63, 3.8) is 0 Å². The molecule has 5 rings (SSSR count). The predicted molar refractivity (Wildman–Crippen MR) is 151 cm³/mol. The molecule has 0 aliphatic carbocycles. The van der Waals surface area contributed by atoms with Gasteiger partial charge in [0.05, 0.1) is 17.0 Å². The number of nitrogens with one attached hydrogen (secondary N) is 2. The normalized spacial score (nSPS) is 20.5. The zero-order valence-corrected chi connectivity index (χ0v) is 21.9. The number of nitrogens with zero attached hydrogens (tertiary/aromatic N) is 5. The van der Waals surface area contributed by atoms with E-state index in [0.29, 0.717) is 11.6 Å². The Morgan fingerprint density at radius 2 is 2.05 bits per heavy atom. The van der Waals surface area contributed by atoms with Gasteiger partial charge in [-0.05, 0) is 50.0 Å². The van der Waals surface area contributed by atoms with E-state index in [9.17, 15) is 5.11 Å². The number of rotatable bonds is 9. The van der Waals surface area contributed by atoms with Crippen molar-refractivity contribution in [2.24, 2.45) is 0 Å². The Bertz CT molecular complexity index is 1280. The van der Waals surface area contributed by atoms with Crippen LogP contribution in [0, 0.1) is 17.8 Å². The van der Waals surface area contributed by atoms with Gasteiger partial charge in [0, 0.05) is 87.3 Å². The van der Waals surface area contributed by atoms with Crippen molar-refractivity contribution < 1.29 is 5.11 Å². The minimum absolute atomic E-state index is 0.0552. The molecule has 3 aliphatic rings. The summed E-state index contributed by atoms with van der Waals surface area (Å²) in [4.78, 5) is 16.0. The number of aromatic hydroxyl groups is 1. The lowest BCUT2D eigenvalue weighted by Gasteiger charge is -2.43. The van der Waals surface area contributed by atoms with E-state index in [-0.39, 0.29) is 5.88 Å². The zero-order chi connectivity index (χ0) is 26.5. The van der Waals surface area contributed by atoms with Gasteiger partial charge in [0.15, 0.2) is 0 Å². The molecule has 1 atom stereocenters. The third-order valence-electron chi connectivity index (χ3n) is 7.62. The fraction of sp³-hybridized carbons (Fsp3) is 0.367. The molecule has 8 heteroatoms. The number of anilines is 1. The molecule has 5 heterocycles. The second-order valence-electron chi connectivity index (χ2n) is 9.92. The average Bonchev–Trinajstić information content (AvgIpc) is 3.49. The van der Waals surface area contributed by atoms with E-state index in [4.69, 9.17) is 16.8 Å². The number of likely N-dealkylation sites (N-methyl/N-ethyl adjacent to an activating group) is 1. The maximum Gasteiger partial charge on any atom is 0.210 e. The van der Waals surface area contributed by atoms with Crippen molar-refractivity contribution in [2.75, 3.05) is 37.6 Å². The molecule has 8 nitrogen and oxygen atoms in total. The molecular formula is C30H35N7O. The molecule has 0 radical (unpaired) electrons. The molecule has 38 heavy (non-hydrogen) atoms. The molecule has 3 aliphatic heterocycles. The largest absolute Gasteiger partial charge is 0.493 e. The number of likely N-dealkylation sites (tertiary alicyclic amines) is 2. The number of dihydropyridines is 1. The van der Waals surface area contributed by atoms with Crippen LogP contribution in [0.5, 0.6) is 5.88 Å². The van der Waals surface area contributed by atoms with Gasteiger partial charge in [-0.25, -0.2) is 9.97 Å². The van der Waals surface area contributed by atoms with Gasteiger partial charge >= 0.3 is 0 Å². The van der Waals surface area contributed by atoms with Gasteiger partial charge in [-0.1, -0.05) is 12.0 Å². The second kappa shape index (κ2) is 11.5. The monoisotopic (exact) mass is 509 g/mol. The van der Waals surface area contributed by atoms with Crippen LogP contribution in [0.3, 0.4) is 0 Å². The summed E-state index contributed by atoms with van der Waals surface area (Å²) in [5.74, 6) is 3.65. The van der Waals surface area contributed by atoms with Crippen LogP contribution in [0.15, 0.2) is 65.9 Å². The Balaban J connectivity index is 1.32. The molecule has 0 spiro atoms. The van der Waals surface area contributed by atoms with E-state index < -0.39 is 0 Å². The van der Waals surface area contributed by atoms with Crippen LogP contribution in [-0.2, 0) is 6.54 Å². The first-order chi connectivity index (χ1) is 18.6. The fourth-order valence-corrected chi connectivity index (χ4v) is 5.31. The van der Waals surface area contributed by atoms with Crippen LogP contribution >= 0.6 is 0 Å². The highest BCUT2D eigenvalue weighted by atomic mass is 16.3. The summed E-state index contributed by atoms with van der Waals surface area (Å²) in [6.45, 7) is 7.91. The Hall–Kier alpha value is -4.09. The first kappa shape index (κ1) is 25.6. The van der Waals surface area contributed by atoms with E-state index in [1.54, 1.807) is 12.3 Å². The summed E-state index contributed by atoms with van der Waals surface area (Å²) in [5, 5.41) is 20.6. The smallest absolute Gasteiger partial charge is 0.210 e. The van der Waals surface area contributed by atoms with Crippen molar-refractivity contribution in [1.82, 2.24) is 25.1 Å². The highest BCUT2D eigenvalue weighted by Gasteiger charge is 2.30. The first-order valence-corrected chi connectivity index (χ1v) is 13.3. The van der Waals surface area contributed by atoms with Crippen molar-refractivity contribution in [3.05, 3.63) is 77.0 Å². The molecule has 196 valence electrons. The summed E-state index contributed by atoms with van der Waals surface area (Å²) in [6, 6.07) is 8.21. The molecule has 0 saturated carbocycles. The predicted octanol–water partition coefficient (Wildman–Crippen LogP) is 3.74. The zero-order valence-electron chi connectivity index (χ0n) is 21.9. The van der Waals surface area contributed by atoms with Gasteiger partial charge in [-0.3, -0.25) is 4.90 Å². The number of hydrogen-bond acceptors (Lipinski definition) is 8. The quantitative estimate of drug-likeness (QED) is 0.350. The minimum atomic E-state index is 0.0552. The Kier molecular flexibility index (Phi) is 7.75. The minimum Gasteiger partial charge on any atom is -0.493 e. The van der Waals surface area contributed by atoms with Crippen LogP contribution in [0.2, 0.25) is 0 Å². The van der Waals surface area contributed by atoms with E-state index in [0.717, 1.165) is 79.6 Å². The molecule has 2 aromatic heterocycles. The highest BCUT2D eigenvalue weighted by Crippen LogP contribution is 2.31.